The number of carbonyl (C=O) groups is 1. The Kier molecular flexibility index (Phi) is 3.97. The van der Waals surface area contributed by atoms with Gasteiger partial charge in [0.05, 0.1) is 5.75 Å². The summed E-state index contributed by atoms with van der Waals surface area (Å²) in [5.74, 6) is 0.544. The van der Waals surface area contributed by atoms with Crippen molar-refractivity contribution in [1.29, 1.82) is 0 Å². The molecule has 0 radical (unpaired) electrons. The molecule has 0 aliphatic carbocycles. The van der Waals surface area contributed by atoms with E-state index in [2.05, 4.69) is 10.3 Å². The molecule has 0 spiro atoms. The van der Waals surface area contributed by atoms with E-state index < -0.39 is 0 Å². The number of benzene rings is 1. The first-order valence-corrected chi connectivity index (χ1v) is 7.58. The molecule has 1 amide bonds. The lowest BCUT2D eigenvalue weighted by atomic mass is 10.3. The maximum absolute atomic E-state index is 11.9. The molecule has 3 aromatic rings. The summed E-state index contributed by atoms with van der Waals surface area (Å²) in [4.78, 5) is 16.1. The SMILES string of the molecule is Cc1nc2ccc(NC(=O)CSc3cccc[n+]3[O-])cc2o1. The number of pyridine rings is 1. The zero-order chi connectivity index (χ0) is 15.5. The number of hydrogen-bond acceptors (Lipinski definition) is 5. The fourth-order valence-corrected chi connectivity index (χ4v) is 2.69. The number of carbonyl (C=O) groups excluding carboxylic acids is 1. The molecule has 1 aromatic carbocycles. The fraction of sp³-hybridized carbons (Fsp3) is 0.133. The van der Waals surface area contributed by atoms with Gasteiger partial charge in [-0.3, -0.25) is 4.79 Å². The van der Waals surface area contributed by atoms with Gasteiger partial charge in [-0.05, 0) is 30.0 Å². The van der Waals surface area contributed by atoms with Gasteiger partial charge in [0, 0.05) is 30.8 Å². The molecule has 0 saturated carbocycles. The van der Waals surface area contributed by atoms with Gasteiger partial charge in [-0.2, -0.15) is 4.73 Å². The molecule has 2 heterocycles. The standard InChI is InChI=1S/C15H13N3O3S/c1-10-16-12-6-5-11(8-13(12)21-10)17-14(19)9-22-15-4-2-3-7-18(15)20/h2-8H,9H2,1H3,(H,17,19). The highest BCUT2D eigenvalue weighted by Gasteiger charge is 2.10. The first-order chi connectivity index (χ1) is 10.6. The van der Waals surface area contributed by atoms with Crippen molar-refractivity contribution >= 4 is 34.5 Å². The molecule has 0 aliphatic heterocycles. The van der Waals surface area contributed by atoms with Crippen LogP contribution in [-0.4, -0.2) is 16.6 Å². The van der Waals surface area contributed by atoms with Crippen LogP contribution < -0.4 is 10.0 Å². The van der Waals surface area contributed by atoms with Gasteiger partial charge >= 0.3 is 0 Å². The fourth-order valence-electron chi connectivity index (χ4n) is 1.98. The highest BCUT2D eigenvalue weighted by atomic mass is 32.2. The number of aromatic nitrogens is 2. The number of nitrogens with one attached hydrogen (secondary N) is 1. The quantitative estimate of drug-likeness (QED) is 0.454. The molecule has 22 heavy (non-hydrogen) atoms. The number of oxazole rings is 1. The van der Waals surface area contributed by atoms with Gasteiger partial charge in [0.15, 0.2) is 17.7 Å². The summed E-state index contributed by atoms with van der Waals surface area (Å²) < 4.78 is 6.16. The van der Waals surface area contributed by atoms with Crippen molar-refractivity contribution in [1.82, 2.24) is 4.98 Å². The van der Waals surface area contributed by atoms with Gasteiger partial charge in [0.25, 0.3) is 5.03 Å². The molecule has 0 atom stereocenters. The number of rotatable bonds is 4. The zero-order valence-electron chi connectivity index (χ0n) is 11.8. The lowest BCUT2D eigenvalue weighted by Crippen LogP contribution is -2.28. The van der Waals surface area contributed by atoms with E-state index in [0.717, 1.165) is 10.2 Å². The van der Waals surface area contributed by atoms with Crippen molar-refractivity contribution in [3.63, 3.8) is 0 Å². The maximum atomic E-state index is 11.9. The van der Waals surface area contributed by atoms with Crippen molar-refractivity contribution in [3.05, 3.63) is 53.7 Å². The lowest BCUT2D eigenvalue weighted by Gasteiger charge is -2.05. The largest absolute Gasteiger partial charge is 0.618 e. The molecule has 1 N–H and O–H groups in total. The molecule has 2 aromatic heterocycles. The normalized spacial score (nSPS) is 10.8. The van der Waals surface area contributed by atoms with Gasteiger partial charge in [-0.1, -0.05) is 0 Å². The summed E-state index contributed by atoms with van der Waals surface area (Å²) in [6, 6.07) is 10.4. The Balaban J connectivity index is 1.64. The van der Waals surface area contributed by atoms with Crippen molar-refractivity contribution in [2.75, 3.05) is 11.1 Å². The van der Waals surface area contributed by atoms with Crippen LogP contribution in [0.1, 0.15) is 5.89 Å². The van der Waals surface area contributed by atoms with Crippen LogP contribution in [-0.2, 0) is 4.79 Å². The molecule has 0 unspecified atom stereocenters. The highest BCUT2D eigenvalue weighted by Crippen LogP contribution is 2.20. The molecule has 7 heteroatoms. The van der Waals surface area contributed by atoms with Gasteiger partial charge in [-0.15, -0.1) is 0 Å². The van der Waals surface area contributed by atoms with Crippen molar-refractivity contribution in [2.24, 2.45) is 0 Å². The van der Waals surface area contributed by atoms with Gasteiger partial charge in [0.1, 0.15) is 5.52 Å². The molecule has 6 nitrogen and oxygen atoms in total. The van der Waals surface area contributed by atoms with Crippen LogP contribution in [0.25, 0.3) is 11.1 Å². The zero-order valence-corrected chi connectivity index (χ0v) is 12.6. The number of aryl methyl sites for hydroxylation is 1. The Morgan fingerprint density at radius 1 is 1.41 bits per heavy atom. The molecular weight excluding hydrogens is 302 g/mol. The summed E-state index contributed by atoms with van der Waals surface area (Å²) in [5, 5.41) is 14.7. The average Bonchev–Trinajstić information content (AvgIpc) is 2.86. The summed E-state index contributed by atoms with van der Waals surface area (Å²) in [5.41, 5.74) is 2.02. The van der Waals surface area contributed by atoms with Crippen LogP contribution in [0.2, 0.25) is 0 Å². The molecule has 0 bridgehead atoms. The van der Waals surface area contributed by atoms with E-state index in [1.165, 1.54) is 18.0 Å². The first-order valence-electron chi connectivity index (χ1n) is 6.60. The molecule has 0 fully saturated rings. The van der Waals surface area contributed by atoms with Crippen LogP contribution in [0.15, 0.2) is 52.0 Å². The number of hydrogen-bond donors (Lipinski definition) is 1. The molecule has 0 aliphatic rings. The van der Waals surface area contributed by atoms with E-state index in [-0.39, 0.29) is 11.7 Å². The minimum absolute atomic E-state index is 0.153. The predicted octanol–water partition coefficient (Wildman–Crippen LogP) is 2.50. The Hall–Kier alpha value is -2.54. The van der Waals surface area contributed by atoms with Crippen molar-refractivity contribution in [2.45, 2.75) is 11.9 Å². The minimum Gasteiger partial charge on any atom is -0.618 e. The monoisotopic (exact) mass is 315 g/mol. The van der Waals surface area contributed by atoms with E-state index in [0.29, 0.717) is 22.2 Å². The summed E-state index contributed by atoms with van der Waals surface area (Å²) in [6.07, 6.45) is 1.40. The van der Waals surface area contributed by atoms with Gasteiger partial charge in [0.2, 0.25) is 5.91 Å². The third-order valence-electron chi connectivity index (χ3n) is 2.92. The predicted molar refractivity (Wildman–Crippen MR) is 83.5 cm³/mol. The van der Waals surface area contributed by atoms with Crippen molar-refractivity contribution < 1.29 is 13.9 Å². The van der Waals surface area contributed by atoms with E-state index >= 15 is 0 Å². The smallest absolute Gasteiger partial charge is 0.251 e. The number of anilines is 1. The van der Waals surface area contributed by atoms with Crippen molar-refractivity contribution in [3.8, 4) is 0 Å². The second-order valence-corrected chi connectivity index (χ2v) is 5.61. The molecule has 112 valence electrons. The second-order valence-electron chi connectivity index (χ2n) is 4.62. The van der Waals surface area contributed by atoms with E-state index in [9.17, 15) is 10.0 Å². The summed E-state index contributed by atoms with van der Waals surface area (Å²) >= 11 is 1.18. The first kappa shape index (κ1) is 14.4. The summed E-state index contributed by atoms with van der Waals surface area (Å²) in [7, 11) is 0. The Bertz CT molecular complexity index is 832. The second kappa shape index (κ2) is 6.07. The average molecular weight is 315 g/mol. The number of fused-ring (bicyclic) bond motifs is 1. The maximum Gasteiger partial charge on any atom is 0.251 e. The Labute approximate surface area is 130 Å². The van der Waals surface area contributed by atoms with E-state index in [1.807, 2.05) is 0 Å². The van der Waals surface area contributed by atoms with Crippen LogP contribution in [0.3, 0.4) is 0 Å². The molecule has 3 rings (SSSR count). The van der Waals surface area contributed by atoms with Crippen LogP contribution >= 0.6 is 11.8 Å². The molecular formula is C15H13N3O3S. The van der Waals surface area contributed by atoms with E-state index in [4.69, 9.17) is 4.42 Å². The van der Waals surface area contributed by atoms with E-state index in [1.54, 1.807) is 43.3 Å². The third-order valence-corrected chi connectivity index (χ3v) is 3.94. The topological polar surface area (TPSA) is 82.1 Å². The van der Waals surface area contributed by atoms with Crippen LogP contribution in [0.4, 0.5) is 5.69 Å². The van der Waals surface area contributed by atoms with Crippen LogP contribution in [0, 0.1) is 12.1 Å². The van der Waals surface area contributed by atoms with Gasteiger partial charge < -0.3 is 14.9 Å². The summed E-state index contributed by atoms with van der Waals surface area (Å²) in [6.45, 7) is 1.77. The third kappa shape index (κ3) is 3.20. The van der Waals surface area contributed by atoms with Gasteiger partial charge in [-0.25, -0.2) is 4.98 Å². The number of nitrogens with zero attached hydrogens (tertiary/aromatic N) is 2. The van der Waals surface area contributed by atoms with Crippen LogP contribution in [0.5, 0.6) is 0 Å². The number of amides is 1. The minimum atomic E-state index is -0.190. The number of thioether (sulfide) groups is 1. The Morgan fingerprint density at radius 2 is 2.27 bits per heavy atom. The molecule has 0 saturated heterocycles. The lowest BCUT2D eigenvalue weighted by molar-refractivity contribution is -0.645. The Morgan fingerprint density at radius 3 is 3.09 bits per heavy atom. The highest BCUT2D eigenvalue weighted by molar-refractivity contribution is 7.99.